The van der Waals surface area contributed by atoms with Crippen LogP contribution in [-0.2, 0) is 9.53 Å². The highest BCUT2D eigenvalue weighted by Crippen LogP contribution is 2.29. The minimum atomic E-state index is -0.00622. The monoisotopic (exact) mass is 325 g/mol. The first-order valence-electron chi connectivity index (χ1n) is 8.54. The first-order chi connectivity index (χ1) is 11.8. The molecule has 0 bridgehead atoms. The van der Waals surface area contributed by atoms with Crippen molar-refractivity contribution in [1.82, 2.24) is 0 Å². The summed E-state index contributed by atoms with van der Waals surface area (Å²) >= 11 is 0. The van der Waals surface area contributed by atoms with Gasteiger partial charge < -0.3 is 14.8 Å². The average molecular weight is 325 g/mol. The van der Waals surface area contributed by atoms with Gasteiger partial charge in [-0.1, -0.05) is 30.3 Å². The van der Waals surface area contributed by atoms with E-state index in [1.165, 1.54) is 6.42 Å². The molecule has 4 nitrogen and oxygen atoms in total. The van der Waals surface area contributed by atoms with Crippen molar-refractivity contribution in [1.29, 1.82) is 0 Å². The summed E-state index contributed by atoms with van der Waals surface area (Å²) in [6.07, 6.45) is 4.84. The van der Waals surface area contributed by atoms with Crippen molar-refractivity contribution in [2.24, 2.45) is 0 Å². The fourth-order valence-corrected chi connectivity index (χ4v) is 2.81. The van der Waals surface area contributed by atoms with Crippen LogP contribution in [0.1, 0.15) is 32.1 Å². The van der Waals surface area contributed by atoms with Gasteiger partial charge in [-0.25, -0.2) is 0 Å². The van der Waals surface area contributed by atoms with Crippen molar-refractivity contribution < 1.29 is 14.3 Å². The zero-order valence-electron chi connectivity index (χ0n) is 13.7. The predicted molar refractivity (Wildman–Crippen MR) is 94.4 cm³/mol. The van der Waals surface area contributed by atoms with E-state index in [0.717, 1.165) is 31.6 Å². The minimum absolute atomic E-state index is 0.00622. The molecule has 0 saturated carbocycles. The molecule has 24 heavy (non-hydrogen) atoms. The molecule has 1 unspecified atom stereocenters. The number of nitrogens with one attached hydrogen (secondary N) is 1. The highest BCUT2D eigenvalue weighted by Gasteiger charge is 2.16. The van der Waals surface area contributed by atoms with E-state index in [4.69, 9.17) is 9.47 Å². The van der Waals surface area contributed by atoms with Crippen molar-refractivity contribution in [3.05, 3.63) is 54.6 Å². The molecule has 126 valence electrons. The largest absolute Gasteiger partial charge is 0.455 e. The Balaban J connectivity index is 1.57. The van der Waals surface area contributed by atoms with E-state index < -0.39 is 0 Å². The molecule has 1 atom stereocenters. The smallest absolute Gasteiger partial charge is 0.224 e. The lowest BCUT2D eigenvalue weighted by Gasteiger charge is -2.22. The van der Waals surface area contributed by atoms with Crippen molar-refractivity contribution in [2.75, 3.05) is 11.9 Å². The topological polar surface area (TPSA) is 47.6 Å². The van der Waals surface area contributed by atoms with Gasteiger partial charge in [-0.2, -0.15) is 0 Å². The average Bonchev–Trinajstić information content (AvgIpc) is 2.63. The summed E-state index contributed by atoms with van der Waals surface area (Å²) in [5.74, 6) is 1.38. The number of hydrogen-bond acceptors (Lipinski definition) is 3. The highest BCUT2D eigenvalue weighted by atomic mass is 16.5. The number of amides is 1. The zero-order valence-corrected chi connectivity index (χ0v) is 13.7. The van der Waals surface area contributed by atoms with Gasteiger partial charge in [0.15, 0.2) is 5.75 Å². The van der Waals surface area contributed by atoms with Crippen LogP contribution in [0.5, 0.6) is 11.5 Å². The highest BCUT2D eigenvalue weighted by molar-refractivity contribution is 5.92. The molecule has 1 aliphatic heterocycles. The summed E-state index contributed by atoms with van der Waals surface area (Å²) in [5, 5.41) is 2.95. The van der Waals surface area contributed by atoms with Gasteiger partial charge in [0, 0.05) is 13.0 Å². The maximum Gasteiger partial charge on any atom is 0.224 e. The van der Waals surface area contributed by atoms with Gasteiger partial charge in [-0.3, -0.25) is 4.79 Å². The van der Waals surface area contributed by atoms with Gasteiger partial charge in [0.25, 0.3) is 0 Å². The molecule has 1 heterocycles. The van der Waals surface area contributed by atoms with E-state index in [-0.39, 0.29) is 12.0 Å². The van der Waals surface area contributed by atoms with E-state index in [1.54, 1.807) is 0 Å². The van der Waals surface area contributed by atoms with Gasteiger partial charge in [0.2, 0.25) is 5.91 Å². The Morgan fingerprint density at radius 1 is 1.08 bits per heavy atom. The van der Waals surface area contributed by atoms with E-state index in [2.05, 4.69) is 5.32 Å². The number of carbonyl (C=O) groups is 1. The molecule has 0 radical (unpaired) electrons. The maximum atomic E-state index is 12.2. The van der Waals surface area contributed by atoms with Crippen LogP contribution in [0.2, 0.25) is 0 Å². The number of para-hydroxylation sites is 3. The molecule has 1 aliphatic rings. The summed E-state index contributed by atoms with van der Waals surface area (Å²) in [6.45, 7) is 0.819. The third-order valence-electron chi connectivity index (χ3n) is 4.10. The predicted octanol–water partition coefficient (Wildman–Crippen LogP) is 4.77. The summed E-state index contributed by atoms with van der Waals surface area (Å²) in [4.78, 5) is 12.2. The molecule has 1 amide bonds. The van der Waals surface area contributed by atoms with Crippen molar-refractivity contribution in [3.8, 4) is 11.5 Å². The maximum absolute atomic E-state index is 12.2. The van der Waals surface area contributed by atoms with Gasteiger partial charge in [-0.15, -0.1) is 0 Å². The Morgan fingerprint density at radius 2 is 1.88 bits per heavy atom. The number of benzene rings is 2. The summed E-state index contributed by atoms with van der Waals surface area (Å²) in [7, 11) is 0. The molecule has 0 aromatic heterocycles. The Hall–Kier alpha value is -2.33. The van der Waals surface area contributed by atoms with E-state index >= 15 is 0 Å². The number of carbonyl (C=O) groups excluding carboxylic acids is 1. The van der Waals surface area contributed by atoms with Gasteiger partial charge in [-0.05, 0) is 49.9 Å². The number of rotatable bonds is 6. The Kier molecular flexibility index (Phi) is 5.85. The summed E-state index contributed by atoms with van der Waals surface area (Å²) < 4.78 is 11.5. The second-order valence-electron chi connectivity index (χ2n) is 5.99. The van der Waals surface area contributed by atoms with Crippen LogP contribution < -0.4 is 10.1 Å². The van der Waals surface area contributed by atoms with Crippen molar-refractivity contribution >= 4 is 11.6 Å². The third kappa shape index (κ3) is 4.83. The normalized spacial score (nSPS) is 17.2. The zero-order chi connectivity index (χ0) is 16.6. The fraction of sp³-hybridized carbons (Fsp3) is 0.350. The molecular weight excluding hydrogens is 302 g/mol. The molecule has 1 fully saturated rings. The fourth-order valence-electron chi connectivity index (χ4n) is 2.81. The Bertz CT molecular complexity index is 651. The molecule has 1 N–H and O–H groups in total. The van der Waals surface area contributed by atoms with Crippen molar-refractivity contribution in [2.45, 2.75) is 38.2 Å². The molecular formula is C20H23NO3. The lowest BCUT2D eigenvalue weighted by Crippen LogP contribution is -2.21. The Labute approximate surface area is 142 Å². The summed E-state index contributed by atoms with van der Waals surface area (Å²) in [5.41, 5.74) is 0.691. The van der Waals surface area contributed by atoms with Gasteiger partial charge >= 0.3 is 0 Å². The van der Waals surface area contributed by atoms with Gasteiger partial charge in [0.05, 0.1) is 11.8 Å². The van der Waals surface area contributed by atoms with E-state index in [0.29, 0.717) is 17.9 Å². The summed E-state index contributed by atoms with van der Waals surface area (Å²) in [6, 6.07) is 17.0. The van der Waals surface area contributed by atoms with Crippen LogP contribution in [0.25, 0.3) is 0 Å². The van der Waals surface area contributed by atoms with Crippen LogP contribution in [0.15, 0.2) is 54.6 Å². The molecule has 0 aliphatic carbocycles. The molecule has 2 aromatic carbocycles. The van der Waals surface area contributed by atoms with Crippen LogP contribution in [0, 0.1) is 0 Å². The molecule has 3 rings (SSSR count). The lowest BCUT2D eigenvalue weighted by atomic mass is 10.0. The first kappa shape index (κ1) is 16.5. The molecule has 1 saturated heterocycles. The second kappa shape index (κ2) is 8.50. The second-order valence-corrected chi connectivity index (χ2v) is 5.99. The van der Waals surface area contributed by atoms with E-state index in [9.17, 15) is 4.79 Å². The van der Waals surface area contributed by atoms with E-state index in [1.807, 2.05) is 54.6 Å². The molecule has 2 aromatic rings. The molecule has 4 heteroatoms. The third-order valence-corrected chi connectivity index (χ3v) is 4.10. The quantitative estimate of drug-likeness (QED) is 0.832. The SMILES string of the molecule is O=C(CCC1CCCCO1)Nc1ccccc1Oc1ccccc1. The first-order valence-corrected chi connectivity index (χ1v) is 8.54. The van der Waals surface area contributed by atoms with Crippen LogP contribution in [0.3, 0.4) is 0 Å². The standard InChI is InChI=1S/C20H23NO3/c22-20(14-13-16-8-6-7-15-23-16)21-18-11-4-5-12-19(18)24-17-9-2-1-3-10-17/h1-5,9-12,16H,6-8,13-15H2,(H,21,22). The van der Waals surface area contributed by atoms with Crippen LogP contribution in [0.4, 0.5) is 5.69 Å². The van der Waals surface area contributed by atoms with Gasteiger partial charge in [0.1, 0.15) is 5.75 Å². The Morgan fingerprint density at radius 3 is 2.67 bits per heavy atom. The van der Waals surface area contributed by atoms with Crippen molar-refractivity contribution in [3.63, 3.8) is 0 Å². The minimum Gasteiger partial charge on any atom is -0.455 e. The lowest BCUT2D eigenvalue weighted by molar-refractivity contribution is -0.117. The number of ether oxygens (including phenoxy) is 2. The van der Waals surface area contributed by atoms with Crippen LogP contribution in [-0.4, -0.2) is 18.6 Å². The molecule has 0 spiro atoms. The number of hydrogen-bond donors (Lipinski definition) is 1. The number of anilines is 1. The van der Waals surface area contributed by atoms with Crippen LogP contribution >= 0.6 is 0 Å².